The molecule has 0 spiro atoms. The number of aromatic nitrogens is 2. The standard InChI is InChI=1S/C13H18N2O/c1-15-10-9-14-13(15)8-7-12(16)11-5-3-2-4-6-11/h5,9-10H,2-4,6-8H2,1H3. The Kier molecular flexibility index (Phi) is 3.54. The molecule has 0 bridgehead atoms. The van der Waals surface area contributed by atoms with Gasteiger partial charge in [0, 0.05) is 32.3 Å². The van der Waals surface area contributed by atoms with Crippen molar-refractivity contribution in [3.05, 3.63) is 29.9 Å². The Hall–Kier alpha value is -1.38. The smallest absolute Gasteiger partial charge is 0.158 e. The summed E-state index contributed by atoms with van der Waals surface area (Å²) >= 11 is 0. The molecule has 1 aromatic rings. The lowest BCUT2D eigenvalue weighted by molar-refractivity contribution is -0.115. The Morgan fingerprint density at radius 2 is 2.38 bits per heavy atom. The van der Waals surface area contributed by atoms with E-state index in [1.807, 2.05) is 17.8 Å². The molecule has 86 valence electrons. The molecule has 0 atom stereocenters. The lowest BCUT2D eigenvalue weighted by Gasteiger charge is -2.11. The Labute approximate surface area is 96.2 Å². The fourth-order valence-corrected chi connectivity index (χ4v) is 2.11. The van der Waals surface area contributed by atoms with Gasteiger partial charge in [-0.15, -0.1) is 0 Å². The summed E-state index contributed by atoms with van der Waals surface area (Å²) in [5.74, 6) is 1.30. The summed E-state index contributed by atoms with van der Waals surface area (Å²) in [5.41, 5.74) is 1.04. The molecule has 1 aromatic heterocycles. The maximum absolute atomic E-state index is 11.9. The van der Waals surface area contributed by atoms with E-state index in [1.54, 1.807) is 6.20 Å². The summed E-state index contributed by atoms with van der Waals surface area (Å²) in [5, 5.41) is 0. The highest BCUT2D eigenvalue weighted by Gasteiger charge is 2.12. The molecule has 3 heteroatoms. The third kappa shape index (κ3) is 2.60. The van der Waals surface area contributed by atoms with Crippen molar-refractivity contribution in [2.24, 2.45) is 7.05 Å². The van der Waals surface area contributed by atoms with E-state index < -0.39 is 0 Å². The average molecular weight is 218 g/mol. The van der Waals surface area contributed by atoms with Crippen molar-refractivity contribution in [3.8, 4) is 0 Å². The van der Waals surface area contributed by atoms with Gasteiger partial charge in [0.1, 0.15) is 5.82 Å². The maximum atomic E-state index is 11.9. The van der Waals surface area contributed by atoms with Crippen LogP contribution in [-0.4, -0.2) is 15.3 Å². The van der Waals surface area contributed by atoms with Crippen LogP contribution in [0.15, 0.2) is 24.0 Å². The van der Waals surface area contributed by atoms with Crippen LogP contribution in [0.5, 0.6) is 0 Å². The van der Waals surface area contributed by atoms with Crippen LogP contribution in [-0.2, 0) is 18.3 Å². The average Bonchev–Trinajstić information content (AvgIpc) is 2.73. The van der Waals surface area contributed by atoms with Crippen molar-refractivity contribution in [1.29, 1.82) is 0 Å². The molecule has 0 N–H and O–H groups in total. The minimum Gasteiger partial charge on any atom is -0.338 e. The predicted molar refractivity (Wildman–Crippen MR) is 63.1 cm³/mol. The van der Waals surface area contributed by atoms with Gasteiger partial charge in [-0.25, -0.2) is 4.98 Å². The van der Waals surface area contributed by atoms with E-state index in [1.165, 1.54) is 12.8 Å². The predicted octanol–water partition coefficient (Wildman–Crippen LogP) is 2.42. The van der Waals surface area contributed by atoms with Gasteiger partial charge in [-0.1, -0.05) is 6.08 Å². The Morgan fingerprint density at radius 3 is 3.00 bits per heavy atom. The van der Waals surface area contributed by atoms with Gasteiger partial charge in [-0.3, -0.25) is 4.79 Å². The third-order valence-electron chi connectivity index (χ3n) is 3.15. The quantitative estimate of drug-likeness (QED) is 0.778. The second-order valence-corrected chi connectivity index (χ2v) is 4.35. The summed E-state index contributed by atoms with van der Waals surface area (Å²) in [4.78, 5) is 16.1. The first-order valence-electron chi connectivity index (χ1n) is 5.96. The molecule has 0 saturated carbocycles. The largest absolute Gasteiger partial charge is 0.338 e. The van der Waals surface area contributed by atoms with Crippen LogP contribution in [0.1, 0.15) is 37.9 Å². The summed E-state index contributed by atoms with van der Waals surface area (Å²) < 4.78 is 1.97. The molecule has 0 amide bonds. The highest BCUT2D eigenvalue weighted by Crippen LogP contribution is 2.19. The topological polar surface area (TPSA) is 34.9 Å². The zero-order valence-corrected chi connectivity index (χ0v) is 9.78. The van der Waals surface area contributed by atoms with Crippen molar-refractivity contribution in [1.82, 2.24) is 9.55 Å². The molecule has 2 rings (SSSR count). The molecule has 3 nitrogen and oxygen atoms in total. The monoisotopic (exact) mass is 218 g/mol. The Balaban J connectivity index is 1.88. The number of carbonyl (C=O) groups excluding carboxylic acids is 1. The minimum absolute atomic E-state index is 0.308. The van der Waals surface area contributed by atoms with Gasteiger partial charge in [0.15, 0.2) is 5.78 Å². The van der Waals surface area contributed by atoms with Crippen LogP contribution >= 0.6 is 0 Å². The number of aryl methyl sites for hydroxylation is 2. The molecule has 0 aliphatic heterocycles. The molecule has 1 aliphatic rings. The molecular weight excluding hydrogens is 200 g/mol. The first-order valence-corrected chi connectivity index (χ1v) is 5.96. The summed E-state index contributed by atoms with van der Waals surface area (Å²) in [6, 6.07) is 0. The third-order valence-corrected chi connectivity index (χ3v) is 3.15. The molecule has 0 unspecified atom stereocenters. The summed E-state index contributed by atoms with van der Waals surface area (Å²) in [7, 11) is 1.96. The van der Waals surface area contributed by atoms with Crippen LogP contribution in [0.2, 0.25) is 0 Å². The lowest BCUT2D eigenvalue weighted by Crippen LogP contribution is -2.08. The second-order valence-electron chi connectivity index (χ2n) is 4.35. The van der Waals surface area contributed by atoms with Gasteiger partial charge in [0.05, 0.1) is 0 Å². The van der Waals surface area contributed by atoms with E-state index in [0.29, 0.717) is 12.2 Å². The van der Waals surface area contributed by atoms with Crippen LogP contribution < -0.4 is 0 Å². The van der Waals surface area contributed by atoms with Crippen molar-refractivity contribution in [3.63, 3.8) is 0 Å². The first-order chi connectivity index (χ1) is 7.77. The molecule has 0 radical (unpaired) electrons. The van der Waals surface area contributed by atoms with E-state index in [2.05, 4.69) is 11.1 Å². The Bertz CT molecular complexity index is 404. The van der Waals surface area contributed by atoms with Gasteiger partial charge in [0.25, 0.3) is 0 Å². The fraction of sp³-hybridized carbons (Fsp3) is 0.538. The van der Waals surface area contributed by atoms with Crippen LogP contribution in [0.25, 0.3) is 0 Å². The van der Waals surface area contributed by atoms with E-state index in [9.17, 15) is 4.79 Å². The van der Waals surface area contributed by atoms with E-state index in [-0.39, 0.29) is 0 Å². The zero-order valence-electron chi connectivity index (χ0n) is 9.78. The van der Waals surface area contributed by atoms with Crippen molar-refractivity contribution in [2.45, 2.75) is 38.5 Å². The lowest BCUT2D eigenvalue weighted by atomic mass is 9.94. The minimum atomic E-state index is 0.308. The normalized spacial score (nSPS) is 15.9. The van der Waals surface area contributed by atoms with Crippen molar-refractivity contribution >= 4 is 5.78 Å². The number of nitrogens with zero attached hydrogens (tertiary/aromatic N) is 2. The number of Topliss-reactive ketones (excluding diaryl/α,β-unsaturated/α-hetero) is 1. The number of ketones is 1. The molecule has 1 aliphatic carbocycles. The van der Waals surface area contributed by atoms with E-state index >= 15 is 0 Å². The number of hydrogen-bond acceptors (Lipinski definition) is 2. The van der Waals surface area contributed by atoms with Gasteiger partial charge in [-0.05, 0) is 31.3 Å². The number of imidazole rings is 1. The Morgan fingerprint density at radius 1 is 1.50 bits per heavy atom. The highest BCUT2D eigenvalue weighted by molar-refractivity contribution is 5.95. The zero-order chi connectivity index (χ0) is 11.4. The molecule has 0 saturated heterocycles. The van der Waals surface area contributed by atoms with E-state index in [4.69, 9.17) is 0 Å². The van der Waals surface area contributed by atoms with Gasteiger partial charge < -0.3 is 4.57 Å². The second kappa shape index (κ2) is 5.10. The van der Waals surface area contributed by atoms with E-state index in [0.717, 1.165) is 30.7 Å². The molecule has 0 fully saturated rings. The summed E-state index contributed by atoms with van der Waals surface area (Å²) in [6.45, 7) is 0. The van der Waals surface area contributed by atoms with Gasteiger partial charge >= 0.3 is 0 Å². The molecule has 0 aromatic carbocycles. The van der Waals surface area contributed by atoms with Gasteiger partial charge in [0.2, 0.25) is 0 Å². The van der Waals surface area contributed by atoms with Crippen LogP contribution in [0.3, 0.4) is 0 Å². The van der Waals surface area contributed by atoms with Crippen LogP contribution in [0.4, 0.5) is 0 Å². The highest BCUT2D eigenvalue weighted by atomic mass is 16.1. The molecular formula is C13H18N2O. The van der Waals surface area contributed by atoms with Crippen molar-refractivity contribution in [2.75, 3.05) is 0 Å². The number of carbonyl (C=O) groups is 1. The van der Waals surface area contributed by atoms with Crippen molar-refractivity contribution < 1.29 is 4.79 Å². The molecule has 1 heterocycles. The summed E-state index contributed by atoms with van der Waals surface area (Å²) in [6.07, 6.45) is 11.6. The number of allylic oxidation sites excluding steroid dienone is 2. The number of rotatable bonds is 4. The van der Waals surface area contributed by atoms with Crippen LogP contribution in [0, 0.1) is 0 Å². The molecule has 16 heavy (non-hydrogen) atoms. The first kappa shape index (κ1) is 11.1. The maximum Gasteiger partial charge on any atom is 0.158 e. The van der Waals surface area contributed by atoms with Gasteiger partial charge in [-0.2, -0.15) is 0 Å². The fourth-order valence-electron chi connectivity index (χ4n) is 2.11. The SMILES string of the molecule is Cn1ccnc1CCC(=O)C1=CCCCC1. The number of hydrogen-bond donors (Lipinski definition) is 0.